The molecule has 0 bridgehead atoms. The van der Waals surface area contributed by atoms with Crippen LogP contribution in [0.15, 0.2) is 0 Å². The van der Waals surface area contributed by atoms with Gasteiger partial charge < -0.3 is 10.2 Å². The number of nitrogens with one attached hydrogen (secondary N) is 1. The molecule has 1 aliphatic rings. The summed E-state index contributed by atoms with van der Waals surface area (Å²) >= 11 is 0. The number of rotatable bonds is 3. The van der Waals surface area contributed by atoms with Gasteiger partial charge in [0.2, 0.25) is 11.8 Å². The lowest BCUT2D eigenvalue weighted by Crippen LogP contribution is -2.47. The molecule has 122 valence electrons. The first-order valence-electron chi connectivity index (χ1n) is 8.03. The van der Waals surface area contributed by atoms with Crippen LogP contribution in [0.25, 0.3) is 0 Å². The lowest BCUT2D eigenvalue weighted by molar-refractivity contribution is -0.134. The van der Waals surface area contributed by atoms with E-state index >= 15 is 0 Å². The van der Waals surface area contributed by atoms with Crippen molar-refractivity contribution in [2.45, 2.75) is 73.3 Å². The van der Waals surface area contributed by atoms with Crippen LogP contribution in [0.4, 0.5) is 0 Å². The molecule has 0 spiro atoms. The zero-order valence-electron chi connectivity index (χ0n) is 14.6. The van der Waals surface area contributed by atoms with Crippen molar-refractivity contribution in [2.75, 3.05) is 13.1 Å². The number of likely N-dealkylation sites (tertiary alicyclic amines) is 1. The Morgan fingerprint density at radius 2 is 1.43 bits per heavy atom. The lowest BCUT2D eigenvalue weighted by Gasteiger charge is -2.34. The normalized spacial score (nSPS) is 17.7. The Kier molecular flexibility index (Phi) is 5.83. The highest BCUT2D eigenvalue weighted by molar-refractivity contribution is 5.78. The number of carbonyl (C=O) groups excluding carboxylic acids is 2. The Morgan fingerprint density at radius 3 is 1.86 bits per heavy atom. The number of hydrogen-bond acceptors (Lipinski definition) is 2. The van der Waals surface area contributed by atoms with E-state index in [2.05, 4.69) is 46.9 Å². The minimum absolute atomic E-state index is 0.0213. The largest absolute Gasteiger partial charge is 0.353 e. The highest BCUT2D eigenvalue weighted by Gasteiger charge is 2.27. The first-order chi connectivity index (χ1) is 9.46. The maximum Gasteiger partial charge on any atom is 0.223 e. The molecular weight excluding hydrogens is 264 g/mol. The van der Waals surface area contributed by atoms with Crippen LogP contribution >= 0.6 is 0 Å². The van der Waals surface area contributed by atoms with Crippen LogP contribution in [-0.2, 0) is 9.59 Å². The van der Waals surface area contributed by atoms with Crippen LogP contribution in [0.3, 0.4) is 0 Å². The second-order valence-electron chi connectivity index (χ2n) is 8.70. The average molecular weight is 296 g/mol. The Labute approximate surface area is 129 Å². The molecule has 0 aromatic rings. The van der Waals surface area contributed by atoms with E-state index in [4.69, 9.17) is 0 Å². The van der Waals surface area contributed by atoms with E-state index in [1.54, 1.807) is 0 Å². The molecule has 0 aliphatic carbocycles. The summed E-state index contributed by atoms with van der Waals surface area (Å²) in [7, 11) is 0. The van der Waals surface area contributed by atoms with Crippen molar-refractivity contribution >= 4 is 11.8 Å². The van der Waals surface area contributed by atoms with Crippen LogP contribution in [-0.4, -0.2) is 35.8 Å². The molecule has 1 rings (SSSR count). The minimum Gasteiger partial charge on any atom is -0.353 e. The molecule has 4 heteroatoms. The summed E-state index contributed by atoms with van der Waals surface area (Å²) < 4.78 is 0. The Bertz CT molecular complexity index is 369. The quantitative estimate of drug-likeness (QED) is 0.870. The molecule has 21 heavy (non-hydrogen) atoms. The minimum atomic E-state index is 0.0213. The maximum absolute atomic E-state index is 12.2. The summed E-state index contributed by atoms with van der Waals surface area (Å²) in [6.07, 6.45) is 2.88. The van der Waals surface area contributed by atoms with E-state index < -0.39 is 0 Å². The number of nitrogens with zero attached hydrogens (tertiary/aromatic N) is 1. The molecule has 1 aliphatic heterocycles. The third kappa shape index (κ3) is 7.49. The van der Waals surface area contributed by atoms with Gasteiger partial charge in [-0.05, 0) is 23.7 Å². The molecule has 2 amide bonds. The number of hydrogen-bond donors (Lipinski definition) is 1. The third-order valence-corrected chi connectivity index (χ3v) is 3.59. The topological polar surface area (TPSA) is 49.4 Å². The molecule has 1 fully saturated rings. The summed E-state index contributed by atoms with van der Waals surface area (Å²) in [5, 5.41) is 3.11. The van der Waals surface area contributed by atoms with Crippen molar-refractivity contribution in [1.82, 2.24) is 10.2 Å². The number of carbonyl (C=O) groups is 2. The maximum atomic E-state index is 12.2. The fourth-order valence-corrected chi connectivity index (χ4v) is 2.60. The molecular formula is C17H32N2O2. The van der Waals surface area contributed by atoms with Crippen LogP contribution in [0.5, 0.6) is 0 Å². The molecule has 0 aromatic heterocycles. The SMILES string of the molecule is CC(C)(C)CC(=O)NC1CCN(C(=O)CC(C)(C)C)CC1. The molecule has 1 saturated heterocycles. The number of amides is 2. The van der Waals surface area contributed by atoms with Gasteiger partial charge in [0.1, 0.15) is 0 Å². The smallest absolute Gasteiger partial charge is 0.223 e. The van der Waals surface area contributed by atoms with Gasteiger partial charge >= 0.3 is 0 Å². The van der Waals surface area contributed by atoms with E-state index in [0.29, 0.717) is 12.8 Å². The summed E-state index contributed by atoms with van der Waals surface area (Å²) in [4.78, 5) is 26.0. The molecule has 0 saturated carbocycles. The highest BCUT2D eigenvalue weighted by atomic mass is 16.2. The lowest BCUT2D eigenvalue weighted by atomic mass is 9.90. The highest BCUT2D eigenvalue weighted by Crippen LogP contribution is 2.22. The fraction of sp³-hybridized carbons (Fsp3) is 0.882. The average Bonchev–Trinajstić information content (AvgIpc) is 2.24. The molecule has 0 radical (unpaired) electrons. The van der Waals surface area contributed by atoms with Gasteiger partial charge in [-0.15, -0.1) is 0 Å². The van der Waals surface area contributed by atoms with Crippen molar-refractivity contribution in [3.8, 4) is 0 Å². The first-order valence-corrected chi connectivity index (χ1v) is 8.03. The zero-order valence-corrected chi connectivity index (χ0v) is 14.6. The van der Waals surface area contributed by atoms with Gasteiger partial charge in [-0.2, -0.15) is 0 Å². The monoisotopic (exact) mass is 296 g/mol. The summed E-state index contributed by atoms with van der Waals surface area (Å²) in [5.41, 5.74) is 0.0579. The van der Waals surface area contributed by atoms with Gasteiger partial charge in [-0.3, -0.25) is 9.59 Å². The Morgan fingerprint density at radius 1 is 0.952 bits per heavy atom. The van der Waals surface area contributed by atoms with Crippen LogP contribution in [0.2, 0.25) is 0 Å². The van der Waals surface area contributed by atoms with Gasteiger partial charge in [-0.1, -0.05) is 41.5 Å². The predicted octanol–water partition coefficient (Wildman–Crippen LogP) is 2.97. The van der Waals surface area contributed by atoms with Gasteiger partial charge in [-0.25, -0.2) is 0 Å². The fourth-order valence-electron chi connectivity index (χ4n) is 2.60. The molecule has 1 N–H and O–H groups in total. The summed E-state index contributed by atoms with van der Waals surface area (Å²) in [6, 6.07) is 0.221. The number of piperidine rings is 1. The molecule has 1 heterocycles. The van der Waals surface area contributed by atoms with Crippen LogP contribution < -0.4 is 5.32 Å². The Balaban J connectivity index is 2.35. The van der Waals surface area contributed by atoms with Gasteiger partial charge in [0, 0.05) is 32.0 Å². The van der Waals surface area contributed by atoms with Crippen molar-refractivity contribution in [3.05, 3.63) is 0 Å². The van der Waals surface area contributed by atoms with Crippen LogP contribution in [0.1, 0.15) is 67.2 Å². The van der Waals surface area contributed by atoms with E-state index in [1.807, 2.05) is 4.90 Å². The van der Waals surface area contributed by atoms with Crippen molar-refractivity contribution in [1.29, 1.82) is 0 Å². The second kappa shape index (κ2) is 6.80. The molecule has 0 unspecified atom stereocenters. The third-order valence-electron chi connectivity index (χ3n) is 3.59. The Hall–Kier alpha value is -1.06. The van der Waals surface area contributed by atoms with Gasteiger partial charge in [0.25, 0.3) is 0 Å². The van der Waals surface area contributed by atoms with Gasteiger partial charge in [0.05, 0.1) is 0 Å². The van der Waals surface area contributed by atoms with Gasteiger partial charge in [0.15, 0.2) is 0 Å². The van der Waals surface area contributed by atoms with Crippen molar-refractivity contribution in [3.63, 3.8) is 0 Å². The van der Waals surface area contributed by atoms with E-state index in [9.17, 15) is 9.59 Å². The predicted molar refractivity (Wildman–Crippen MR) is 85.9 cm³/mol. The summed E-state index contributed by atoms with van der Waals surface area (Å²) in [6.45, 7) is 14.0. The van der Waals surface area contributed by atoms with Crippen LogP contribution in [0, 0.1) is 10.8 Å². The summed E-state index contributed by atoms with van der Waals surface area (Å²) in [5.74, 6) is 0.365. The second-order valence-corrected chi connectivity index (χ2v) is 8.70. The zero-order chi connectivity index (χ0) is 16.3. The standard InChI is InChI=1S/C17H32N2O2/c1-16(2,3)11-14(20)18-13-7-9-19(10-8-13)15(21)12-17(4,5)6/h13H,7-12H2,1-6H3,(H,18,20). The molecule has 0 atom stereocenters. The van der Waals surface area contributed by atoms with E-state index in [0.717, 1.165) is 25.9 Å². The van der Waals surface area contributed by atoms with E-state index in [1.165, 1.54) is 0 Å². The van der Waals surface area contributed by atoms with Crippen molar-refractivity contribution < 1.29 is 9.59 Å². The molecule has 4 nitrogen and oxygen atoms in total. The van der Waals surface area contributed by atoms with Crippen molar-refractivity contribution in [2.24, 2.45) is 10.8 Å². The first kappa shape index (κ1) is 18.0. The molecule has 0 aromatic carbocycles. The van der Waals surface area contributed by atoms with E-state index in [-0.39, 0.29) is 28.7 Å².